The highest BCUT2D eigenvalue weighted by Crippen LogP contribution is 2.25. The SMILES string of the molecule is COc1ccccc1/C=N/Nc1cc(-c2ccccc2)nc(-c2ccc(Br)cc2)n1. The summed E-state index contributed by atoms with van der Waals surface area (Å²) in [4.78, 5) is 9.41. The molecule has 0 aliphatic heterocycles. The molecule has 3 aromatic carbocycles. The Hall–Kier alpha value is -3.51. The lowest BCUT2D eigenvalue weighted by atomic mass is 10.1. The molecule has 0 saturated carbocycles. The standard InChI is InChI=1S/C24H19BrN4O/c1-30-22-10-6-5-9-19(22)16-26-29-23-15-21(17-7-3-2-4-8-17)27-24(28-23)18-11-13-20(25)14-12-18/h2-16H,1H3,(H,27,28,29)/b26-16+. The lowest BCUT2D eigenvalue weighted by Crippen LogP contribution is -2.00. The van der Waals surface area contributed by atoms with Gasteiger partial charge in [0.15, 0.2) is 11.6 Å². The van der Waals surface area contributed by atoms with Crippen LogP contribution in [0.25, 0.3) is 22.6 Å². The van der Waals surface area contributed by atoms with Gasteiger partial charge in [0.05, 0.1) is 19.0 Å². The Balaban J connectivity index is 1.68. The van der Waals surface area contributed by atoms with E-state index < -0.39 is 0 Å². The number of halogens is 1. The summed E-state index contributed by atoms with van der Waals surface area (Å²) in [6.45, 7) is 0. The molecule has 0 saturated heterocycles. The third kappa shape index (κ3) is 4.72. The van der Waals surface area contributed by atoms with Crippen LogP contribution in [0.1, 0.15) is 5.56 Å². The van der Waals surface area contributed by atoms with Gasteiger partial charge >= 0.3 is 0 Å². The Kier molecular flexibility index (Phi) is 6.15. The summed E-state index contributed by atoms with van der Waals surface area (Å²) in [7, 11) is 1.64. The van der Waals surface area contributed by atoms with Gasteiger partial charge in [0.2, 0.25) is 0 Å². The van der Waals surface area contributed by atoms with Crippen LogP contribution < -0.4 is 10.2 Å². The monoisotopic (exact) mass is 458 g/mol. The lowest BCUT2D eigenvalue weighted by Gasteiger charge is -2.09. The van der Waals surface area contributed by atoms with E-state index in [-0.39, 0.29) is 0 Å². The van der Waals surface area contributed by atoms with Crippen molar-refractivity contribution < 1.29 is 4.74 Å². The van der Waals surface area contributed by atoms with Crippen LogP contribution in [0.15, 0.2) is 94.5 Å². The van der Waals surface area contributed by atoms with E-state index in [9.17, 15) is 0 Å². The van der Waals surface area contributed by atoms with Gasteiger partial charge in [-0.1, -0.05) is 70.5 Å². The van der Waals surface area contributed by atoms with E-state index >= 15 is 0 Å². The number of nitrogens with one attached hydrogen (secondary N) is 1. The first-order chi connectivity index (χ1) is 14.7. The topological polar surface area (TPSA) is 59.4 Å². The summed E-state index contributed by atoms with van der Waals surface area (Å²) in [5, 5.41) is 4.35. The number of hydrogen-bond donors (Lipinski definition) is 1. The first kappa shape index (κ1) is 19.8. The zero-order valence-electron chi connectivity index (χ0n) is 16.3. The fourth-order valence-electron chi connectivity index (χ4n) is 2.93. The van der Waals surface area contributed by atoms with Gasteiger partial charge in [-0.2, -0.15) is 5.10 Å². The van der Waals surface area contributed by atoms with Crippen LogP contribution in [0.5, 0.6) is 5.75 Å². The molecule has 0 radical (unpaired) electrons. The van der Waals surface area contributed by atoms with Crippen molar-refractivity contribution in [3.63, 3.8) is 0 Å². The molecule has 6 heteroatoms. The van der Waals surface area contributed by atoms with E-state index in [0.29, 0.717) is 11.6 Å². The molecule has 0 bridgehead atoms. The fourth-order valence-corrected chi connectivity index (χ4v) is 3.19. The number of para-hydroxylation sites is 1. The summed E-state index contributed by atoms with van der Waals surface area (Å²) in [6.07, 6.45) is 1.71. The van der Waals surface area contributed by atoms with E-state index in [1.807, 2.05) is 84.9 Å². The molecule has 1 aromatic heterocycles. The largest absolute Gasteiger partial charge is 0.496 e. The minimum Gasteiger partial charge on any atom is -0.496 e. The first-order valence-corrected chi connectivity index (χ1v) is 10.1. The van der Waals surface area contributed by atoms with Crippen LogP contribution in [0, 0.1) is 0 Å². The number of hydrazone groups is 1. The number of rotatable bonds is 6. The molecule has 0 atom stereocenters. The van der Waals surface area contributed by atoms with Crippen molar-refractivity contribution in [1.29, 1.82) is 0 Å². The molecule has 0 aliphatic rings. The minimum atomic E-state index is 0.605. The average Bonchev–Trinajstić information content (AvgIpc) is 2.80. The second-order valence-corrected chi connectivity index (χ2v) is 7.36. The normalized spacial score (nSPS) is 10.9. The second kappa shape index (κ2) is 9.33. The van der Waals surface area contributed by atoms with E-state index in [4.69, 9.17) is 9.72 Å². The number of methoxy groups -OCH3 is 1. The van der Waals surface area contributed by atoms with Crippen molar-refractivity contribution in [2.45, 2.75) is 0 Å². The van der Waals surface area contributed by atoms with E-state index in [1.54, 1.807) is 13.3 Å². The van der Waals surface area contributed by atoms with Gasteiger partial charge in [-0.05, 0) is 24.3 Å². The maximum atomic E-state index is 5.36. The highest BCUT2D eigenvalue weighted by Gasteiger charge is 2.09. The molecule has 0 fully saturated rings. The smallest absolute Gasteiger partial charge is 0.162 e. The van der Waals surface area contributed by atoms with Gasteiger partial charge in [0, 0.05) is 27.2 Å². The van der Waals surface area contributed by atoms with Crippen LogP contribution in [-0.4, -0.2) is 23.3 Å². The molecule has 1 N–H and O–H groups in total. The summed E-state index contributed by atoms with van der Waals surface area (Å²) in [6, 6.07) is 27.5. The quantitative estimate of drug-likeness (QED) is 0.283. The molecule has 4 aromatic rings. The highest BCUT2D eigenvalue weighted by molar-refractivity contribution is 9.10. The summed E-state index contributed by atoms with van der Waals surface area (Å²) < 4.78 is 6.37. The fraction of sp³-hybridized carbons (Fsp3) is 0.0417. The average molecular weight is 459 g/mol. The van der Waals surface area contributed by atoms with Crippen molar-refractivity contribution in [1.82, 2.24) is 9.97 Å². The van der Waals surface area contributed by atoms with Crippen molar-refractivity contribution >= 4 is 28.0 Å². The van der Waals surface area contributed by atoms with Gasteiger partial charge in [-0.3, -0.25) is 5.43 Å². The Morgan fingerprint density at radius 1 is 0.867 bits per heavy atom. The molecule has 1 heterocycles. The minimum absolute atomic E-state index is 0.605. The zero-order valence-corrected chi connectivity index (χ0v) is 17.9. The predicted octanol–water partition coefficient (Wildman–Crippen LogP) is 6.03. The van der Waals surface area contributed by atoms with Gasteiger partial charge < -0.3 is 4.74 Å². The number of anilines is 1. The van der Waals surface area contributed by atoms with Crippen molar-refractivity contribution in [2.24, 2.45) is 5.10 Å². The summed E-state index contributed by atoms with van der Waals surface area (Å²) in [5.74, 6) is 1.98. The third-order valence-electron chi connectivity index (χ3n) is 4.42. The zero-order chi connectivity index (χ0) is 20.8. The Bertz CT molecular complexity index is 1160. The van der Waals surface area contributed by atoms with Crippen LogP contribution in [0.3, 0.4) is 0 Å². The van der Waals surface area contributed by atoms with Crippen molar-refractivity contribution in [3.8, 4) is 28.4 Å². The Labute approximate surface area is 183 Å². The number of ether oxygens (including phenoxy) is 1. The molecular formula is C24H19BrN4O. The molecule has 148 valence electrons. The van der Waals surface area contributed by atoms with Crippen LogP contribution in [0.2, 0.25) is 0 Å². The van der Waals surface area contributed by atoms with Crippen molar-refractivity contribution in [3.05, 3.63) is 95.0 Å². The second-order valence-electron chi connectivity index (χ2n) is 6.45. The number of aromatic nitrogens is 2. The van der Waals surface area contributed by atoms with E-state index in [0.717, 1.165) is 32.6 Å². The molecule has 0 aliphatic carbocycles. The van der Waals surface area contributed by atoms with Crippen molar-refractivity contribution in [2.75, 3.05) is 12.5 Å². The predicted molar refractivity (Wildman–Crippen MR) is 125 cm³/mol. The lowest BCUT2D eigenvalue weighted by molar-refractivity contribution is 0.414. The molecule has 30 heavy (non-hydrogen) atoms. The Morgan fingerprint density at radius 2 is 1.60 bits per heavy atom. The van der Waals surface area contributed by atoms with E-state index in [2.05, 4.69) is 31.4 Å². The molecule has 0 amide bonds. The molecule has 0 unspecified atom stereocenters. The van der Waals surface area contributed by atoms with E-state index in [1.165, 1.54) is 0 Å². The van der Waals surface area contributed by atoms with Gasteiger partial charge in [-0.15, -0.1) is 0 Å². The van der Waals surface area contributed by atoms with Crippen LogP contribution >= 0.6 is 15.9 Å². The maximum Gasteiger partial charge on any atom is 0.162 e. The summed E-state index contributed by atoms with van der Waals surface area (Å²) in [5.41, 5.74) is 6.65. The Morgan fingerprint density at radius 3 is 2.37 bits per heavy atom. The summed E-state index contributed by atoms with van der Waals surface area (Å²) >= 11 is 3.47. The first-order valence-electron chi connectivity index (χ1n) is 9.35. The molecule has 5 nitrogen and oxygen atoms in total. The number of hydrogen-bond acceptors (Lipinski definition) is 5. The van der Waals surface area contributed by atoms with Crippen LogP contribution in [-0.2, 0) is 0 Å². The third-order valence-corrected chi connectivity index (χ3v) is 4.95. The molecule has 4 rings (SSSR count). The van der Waals surface area contributed by atoms with Gasteiger partial charge in [0.25, 0.3) is 0 Å². The highest BCUT2D eigenvalue weighted by atomic mass is 79.9. The molecular weight excluding hydrogens is 440 g/mol. The van der Waals surface area contributed by atoms with Gasteiger partial charge in [0.1, 0.15) is 5.75 Å². The maximum absolute atomic E-state index is 5.36. The number of nitrogens with zero attached hydrogens (tertiary/aromatic N) is 3. The van der Waals surface area contributed by atoms with Crippen LogP contribution in [0.4, 0.5) is 5.82 Å². The van der Waals surface area contributed by atoms with Gasteiger partial charge in [-0.25, -0.2) is 9.97 Å². The molecule has 0 spiro atoms. The number of benzene rings is 3.